The SMILES string of the molecule is CC(C)(C)[C@H]1CCc2c(sc(N=Cc3ccc(-c4ccc(F)c([N+](=O)[O-])c4)o3)c2C(=O)NCc2ccco2)C1. The third-order valence-corrected chi connectivity index (χ3v) is 8.23. The van der Waals surface area contributed by atoms with Gasteiger partial charge in [0, 0.05) is 16.5 Å². The van der Waals surface area contributed by atoms with Gasteiger partial charge in [0.25, 0.3) is 5.91 Å². The maximum atomic E-state index is 13.7. The van der Waals surface area contributed by atoms with Crippen LogP contribution in [0, 0.1) is 27.3 Å². The van der Waals surface area contributed by atoms with E-state index in [1.807, 2.05) is 0 Å². The minimum Gasteiger partial charge on any atom is -0.467 e. The van der Waals surface area contributed by atoms with Crippen LogP contribution in [0.2, 0.25) is 0 Å². The molecule has 1 amide bonds. The van der Waals surface area contributed by atoms with Crippen molar-refractivity contribution in [2.24, 2.45) is 16.3 Å². The summed E-state index contributed by atoms with van der Waals surface area (Å²) in [4.78, 5) is 29.5. The van der Waals surface area contributed by atoms with Crippen molar-refractivity contribution < 1.29 is 22.9 Å². The highest BCUT2D eigenvalue weighted by Gasteiger charge is 2.33. The number of fused-ring (bicyclic) bond motifs is 1. The van der Waals surface area contributed by atoms with E-state index in [0.29, 0.717) is 39.3 Å². The van der Waals surface area contributed by atoms with Gasteiger partial charge in [-0.15, -0.1) is 11.3 Å². The lowest BCUT2D eigenvalue weighted by Crippen LogP contribution is -2.28. The Kier molecular flexibility index (Phi) is 7.22. The zero-order valence-corrected chi connectivity index (χ0v) is 22.6. The topological polar surface area (TPSA) is 111 Å². The summed E-state index contributed by atoms with van der Waals surface area (Å²) in [5.74, 6) is 0.794. The molecule has 0 aliphatic heterocycles. The summed E-state index contributed by atoms with van der Waals surface area (Å²) in [6, 6.07) is 10.5. The number of carbonyl (C=O) groups excluding carboxylic acids is 1. The molecule has 3 aromatic heterocycles. The van der Waals surface area contributed by atoms with Crippen molar-refractivity contribution in [2.45, 2.75) is 46.6 Å². The van der Waals surface area contributed by atoms with Crippen LogP contribution in [-0.2, 0) is 19.4 Å². The van der Waals surface area contributed by atoms with Gasteiger partial charge in [0.05, 0.1) is 29.5 Å². The molecule has 0 saturated carbocycles. The first-order chi connectivity index (χ1) is 18.6. The lowest BCUT2D eigenvalue weighted by Gasteiger charge is -2.33. The average molecular weight is 550 g/mol. The molecule has 39 heavy (non-hydrogen) atoms. The number of nitrogens with one attached hydrogen (secondary N) is 1. The Bertz CT molecular complexity index is 1550. The number of halogens is 1. The number of hydrogen-bond donors (Lipinski definition) is 1. The molecule has 0 unspecified atom stereocenters. The first kappa shape index (κ1) is 26.6. The lowest BCUT2D eigenvalue weighted by molar-refractivity contribution is -0.387. The Balaban J connectivity index is 1.43. The Hall–Kier alpha value is -4.05. The number of thiophene rings is 1. The maximum Gasteiger partial charge on any atom is 0.305 e. The quantitative estimate of drug-likeness (QED) is 0.146. The van der Waals surface area contributed by atoms with Crippen LogP contribution >= 0.6 is 11.3 Å². The summed E-state index contributed by atoms with van der Waals surface area (Å²) in [5, 5.41) is 14.7. The van der Waals surface area contributed by atoms with Gasteiger partial charge in [0.15, 0.2) is 0 Å². The van der Waals surface area contributed by atoms with Crippen molar-refractivity contribution in [3.63, 3.8) is 0 Å². The number of nitro groups is 1. The van der Waals surface area contributed by atoms with Gasteiger partial charge < -0.3 is 14.2 Å². The van der Waals surface area contributed by atoms with Crippen LogP contribution in [0.1, 0.15) is 59.5 Å². The van der Waals surface area contributed by atoms with Crippen molar-refractivity contribution >= 4 is 34.1 Å². The lowest BCUT2D eigenvalue weighted by atomic mass is 9.72. The van der Waals surface area contributed by atoms with Gasteiger partial charge in [0.2, 0.25) is 5.82 Å². The van der Waals surface area contributed by atoms with E-state index in [0.717, 1.165) is 37.0 Å². The number of nitrogens with zero attached hydrogens (tertiary/aromatic N) is 2. The van der Waals surface area contributed by atoms with E-state index < -0.39 is 16.4 Å². The van der Waals surface area contributed by atoms with Gasteiger partial charge in [0.1, 0.15) is 22.3 Å². The molecular formula is C29H28FN3O5S. The Morgan fingerprint density at radius 2 is 2.10 bits per heavy atom. The highest BCUT2D eigenvalue weighted by molar-refractivity contribution is 7.16. The average Bonchev–Trinajstić information content (AvgIpc) is 3.65. The molecule has 1 aliphatic rings. The summed E-state index contributed by atoms with van der Waals surface area (Å²) >= 11 is 1.52. The van der Waals surface area contributed by atoms with Crippen LogP contribution in [0.5, 0.6) is 0 Å². The summed E-state index contributed by atoms with van der Waals surface area (Å²) in [6.45, 7) is 7.01. The zero-order valence-electron chi connectivity index (χ0n) is 21.8. The summed E-state index contributed by atoms with van der Waals surface area (Å²) < 4.78 is 24.9. The molecule has 202 valence electrons. The van der Waals surface area contributed by atoms with Crippen molar-refractivity contribution in [3.8, 4) is 11.3 Å². The van der Waals surface area contributed by atoms with Gasteiger partial charge in [-0.3, -0.25) is 14.9 Å². The normalized spacial score (nSPS) is 15.4. The molecule has 1 aromatic carbocycles. The number of hydrogen-bond acceptors (Lipinski definition) is 7. The third kappa shape index (κ3) is 5.70. The van der Waals surface area contributed by atoms with Crippen molar-refractivity contribution in [1.82, 2.24) is 5.32 Å². The van der Waals surface area contributed by atoms with E-state index in [1.54, 1.807) is 30.5 Å². The van der Waals surface area contributed by atoms with E-state index in [9.17, 15) is 19.3 Å². The summed E-state index contributed by atoms with van der Waals surface area (Å²) in [5.41, 5.74) is 1.53. The number of aliphatic imine (C=N–C) groups is 1. The second-order valence-corrected chi connectivity index (χ2v) is 11.7. The molecule has 4 aromatic rings. The minimum absolute atomic E-state index is 0.160. The van der Waals surface area contributed by atoms with E-state index in [2.05, 4.69) is 31.1 Å². The second-order valence-electron chi connectivity index (χ2n) is 10.6. The zero-order chi connectivity index (χ0) is 27.7. The number of benzene rings is 1. The first-order valence-corrected chi connectivity index (χ1v) is 13.4. The number of amides is 1. The fraction of sp³-hybridized carbons (Fsp3) is 0.310. The van der Waals surface area contributed by atoms with E-state index in [1.165, 1.54) is 28.5 Å². The molecule has 1 atom stereocenters. The number of furan rings is 2. The maximum absolute atomic E-state index is 13.7. The van der Waals surface area contributed by atoms with Gasteiger partial charge in [-0.2, -0.15) is 4.39 Å². The van der Waals surface area contributed by atoms with Gasteiger partial charge in [-0.1, -0.05) is 20.8 Å². The molecule has 0 spiro atoms. The van der Waals surface area contributed by atoms with E-state index >= 15 is 0 Å². The molecule has 0 saturated heterocycles. The van der Waals surface area contributed by atoms with Crippen LogP contribution in [0.4, 0.5) is 15.1 Å². The van der Waals surface area contributed by atoms with Gasteiger partial charge in [-0.05, 0) is 72.6 Å². The van der Waals surface area contributed by atoms with Crippen LogP contribution < -0.4 is 5.32 Å². The van der Waals surface area contributed by atoms with Crippen molar-refractivity contribution in [2.75, 3.05) is 0 Å². The van der Waals surface area contributed by atoms with Crippen molar-refractivity contribution in [1.29, 1.82) is 0 Å². The first-order valence-electron chi connectivity index (χ1n) is 12.6. The Morgan fingerprint density at radius 3 is 2.82 bits per heavy atom. The Labute approximate surface area is 228 Å². The molecule has 8 nitrogen and oxygen atoms in total. The van der Waals surface area contributed by atoms with Crippen molar-refractivity contribution in [3.05, 3.63) is 92.2 Å². The molecular weight excluding hydrogens is 521 g/mol. The minimum atomic E-state index is -0.912. The fourth-order valence-electron chi connectivity index (χ4n) is 4.81. The number of nitro benzene ring substituents is 1. The molecule has 3 heterocycles. The van der Waals surface area contributed by atoms with Gasteiger partial charge in [-0.25, -0.2) is 4.99 Å². The van der Waals surface area contributed by atoms with Crippen LogP contribution in [-0.4, -0.2) is 17.0 Å². The monoisotopic (exact) mass is 549 g/mol. The Morgan fingerprint density at radius 1 is 1.28 bits per heavy atom. The number of rotatable bonds is 7. The highest BCUT2D eigenvalue weighted by atomic mass is 32.1. The largest absolute Gasteiger partial charge is 0.467 e. The van der Waals surface area contributed by atoms with E-state index in [-0.39, 0.29) is 17.9 Å². The van der Waals surface area contributed by atoms with Crippen LogP contribution in [0.15, 0.2) is 62.6 Å². The fourth-order valence-corrected chi connectivity index (χ4v) is 6.08. The molecule has 5 rings (SSSR count). The highest BCUT2D eigenvalue weighted by Crippen LogP contribution is 2.45. The smallest absolute Gasteiger partial charge is 0.305 e. The molecule has 10 heteroatoms. The third-order valence-electron chi connectivity index (χ3n) is 7.06. The summed E-state index contributed by atoms with van der Waals surface area (Å²) in [7, 11) is 0. The molecule has 0 bridgehead atoms. The predicted octanol–water partition coefficient (Wildman–Crippen LogP) is 7.48. The standard InChI is InChI=1S/C29H28FN3O5S/c1-29(2,3)18-7-9-21-25(14-18)39-28(26(21)27(34)31-15-19-5-4-12-37-19)32-16-20-8-11-24(38-20)17-6-10-22(30)23(13-17)33(35)36/h4-6,8,10-13,16,18H,7,9,14-15H2,1-3H3,(H,31,34)/t18-/m0/s1. The van der Waals surface area contributed by atoms with Gasteiger partial charge >= 0.3 is 5.69 Å². The van der Waals surface area contributed by atoms with E-state index in [4.69, 9.17) is 8.83 Å². The summed E-state index contributed by atoms with van der Waals surface area (Å²) in [6.07, 6.45) is 5.80. The van der Waals surface area contributed by atoms with Crippen LogP contribution in [0.3, 0.4) is 0 Å². The predicted molar refractivity (Wildman–Crippen MR) is 147 cm³/mol. The molecule has 1 aliphatic carbocycles. The molecule has 1 N–H and O–H groups in total. The second kappa shape index (κ2) is 10.6. The molecule has 0 radical (unpaired) electrons. The number of carbonyl (C=O) groups is 1. The van der Waals surface area contributed by atoms with Crippen LogP contribution in [0.25, 0.3) is 11.3 Å². The molecule has 0 fully saturated rings.